The second kappa shape index (κ2) is 4.84. The van der Waals surface area contributed by atoms with Crippen molar-refractivity contribution in [2.75, 3.05) is 0 Å². The number of aliphatic hydroxyl groups is 1. The molecule has 0 amide bonds. The van der Waals surface area contributed by atoms with Gasteiger partial charge >= 0.3 is 0 Å². The van der Waals surface area contributed by atoms with Gasteiger partial charge in [-0.3, -0.25) is 0 Å². The minimum absolute atomic E-state index is 0.480. The minimum atomic E-state index is -0.817. The average Bonchev–Trinajstić information content (AvgIpc) is 2.90. The third kappa shape index (κ3) is 2.23. The fourth-order valence-corrected chi connectivity index (χ4v) is 2.14. The molecule has 0 bridgehead atoms. The van der Waals surface area contributed by atoms with E-state index in [9.17, 15) is 5.11 Å². The molecule has 0 aliphatic carbocycles. The molecule has 96 valence electrons. The van der Waals surface area contributed by atoms with Gasteiger partial charge in [-0.05, 0) is 17.7 Å². The summed E-state index contributed by atoms with van der Waals surface area (Å²) in [4.78, 5) is 4.39. The van der Waals surface area contributed by atoms with Crippen LogP contribution in [0.1, 0.15) is 23.4 Å². The predicted octanol–water partition coefficient (Wildman–Crippen LogP) is 2.07. The molecule has 3 rings (SSSR count). The van der Waals surface area contributed by atoms with Crippen molar-refractivity contribution in [3.8, 4) is 0 Å². The van der Waals surface area contributed by atoms with Crippen molar-refractivity contribution in [1.82, 2.24) is 9.38 Å². The summed E-state index contributed by atoms with van der Waals surface area (Å²) in [6, 6.07) is 14.8. The summed E-state index contributed by atoms with van der Waals surface area (Å²) in [5, 5.41) is 10.3. The molecular formula is C15H15N3O. The Morgan fingerprint density at radius 3 is 2.53 bits per heavy atom. The minimum Gasteiger partial charge on any atom is -0.385 e. The first-order valence-corrected chi connectivity index (χ1v) is 6.18. The Morgan fingerprint density at radius 1 is 1.05 bits per heavy atom. The zero-order valence-corrected chi connectivity index (χ0v) is 10.3. The van der Waals surface area contributed by atoms with Gasteiger partial charge in [0, 0.05) is 12.4 Å². The number of pyridine rings is 1. The first-order valence-electron chi connectivity index (χ1n) is 6.18. The lowest BCUT2D eigenvalue weighted by atomic mass is 10.0. The molecule has 0 saturated carbocycles. The van der Waals surface area contributed by atoms with Crippen LogP contribution in [0, 0.1) is 0 Å². The van der Waals surface area contributed by atoms with E-state index in [1.165, 1.54) is 0 Å². The predicted molar refractivity (Wildman–Crippen MR) is 73.5 cm³/mol. The van der Waals surface area contributed by atoms with Crippen molar-refractivity contribution in [1.29, 1.82) is 0 Å². The van der Waals surface area contributed by atoms with Crippen LogP contribution in [0.5, 0.6) is 0 Å². The Morgan fingerprint density at radius 2 is 1.79 bits per heavy atom. The maximum absolute atomic E-state index is 10.3. The van der Waals surface area contributed by atoms with E-state index >= 15 is 0 Å². The molecule has 2 heterocycles. The van der Waals surface area contributed by atoms with Crippen LogP contribution >= 0.6 is 0 Å². The van der Waals surface area contributed by atoms with Gasteiger partial charge in [-0.25, -0.2) is 4.98 Å². The van der Waals surface area contributed by atoms with E-state index in [0.29, 0.717) is 5.69 Å². The Hall–Kier alpha value is -2.17. The molecule has 0 spiro atoms. The Balaban J connectivity index is 1.93. The van der Waals surface area contributed by atoms with Crippen LogP contribution in [0.15, 0.2) is 60.9 Å². The number of aromatic nitrogens is 2. The van der Waals surface area contributed by atoms with Gasteiger partial charge in [-0.2, -0.15) is 0 Å². The summed E-state index contributed by atoms with van der Waals surface area (Å²) in [6.07, 6.45) is 2.89. The standard InChI is InChI=1S/C15H15N3O/c16-14(11-6-2-1-3-7-11)15(19)12-10-18-9-5-4-8-13(18)17-12/h1-10,14-15,19H,16H2. The molecule has 0 aliphatic heterocycles. The third-order valence-corrected chi connectivity index (χ3v) is 3.21. The zero-order chi connectivity index (χ0) is 13.2. The van der Waals surface area contributed by atoms with Crippen LogP contribution in [-0.4, -0.2) is 14.5 Å². The van der Waals surface area contributed by atoms with Gasteiger partial charge in [0.15, 0.2) is 0 Å². The SMILES string of the molecule is NC(c1ccccc1)C(O)c1cn2ccccc2n1. The van der Waals surface area contributed by atoms with Crippen LogP contribution in [-0.2, 0) is 0 Å². The molecule has 1 aromatic carbocycles. The summed E-state index contributed by atoms with van der Waals surface area (Å²) in [5.74, 6) is 0. The van der Waals surface area contributed by atoms with Gasteiger partial charge in [0.05, 0.1) is 11.7 Å². The van der Waals surface area contributed by atoms with Gasteiger partial charge in [-0.1, -0.05) is 36.4 Å². The Bertz CT molecular complexity index is 645. The first kappa shape index (κ1) is 11.9. The van der Waals surface area contributed by atoms with Gasteiger partial charge < -0.3 is 15.2 Å². The van der Waals surface area contributed by atoms with E-state index < -0.39 is 12.1 Å². The normalized spacial score (nSPS) is 14.4. The summed E-state index contributed by atoms with van der Waals surface area (Å²) in [6.45, 7) is 0. The lowest BCUT2D eigenvalue weighted by Crippen LogP contribution is -2.19. The molecule has 0 radical (unpaired) electrons. The molecule has 2 atom stereocenters. The molecule has 4 heteroatoms. The van der Waals surface area contributed by atoms with Crippen molar-refractivity contribution in [3.05, 3.63) is 72.2 Å². The van der Waals surface area contributed by atoms with Crippen molar-refractivity contribution < 1.29 is 5.11 Å². The van der Waals surface area contributed by atoms with Gasteiger partial charge in [0.1, 0.15) is 11.8 Å². The van der Waals surface area contributed by atoms with Crippen LogP contribution in [0.2, 0.25) is 0 Å². The molecular weight excluding hydrogens is 238 g/mol. The lowest BCUT2D eigenvalue weighted by molar-refractivity contribution is 0.143. The zero-order valence-electron chi connectivity index (χ0n) is 10.3. The van der Waals surface area contributed by atoms with E-state index in [4.69, 9.17) is 5.73 Å². The number of hydrogen-bond acceptors (Lipinski definition) is 3. The van der Waals surface area contributed by atoms with Crippen molar-refractivity contribution >= 4 is 5.65 Å². The number of hydrogen-bond donors (Lipinski definition) is 2. The van der Waals surface area contributed by atoms with Gasteiger partial charge in [0.25, 0.3) is 0 Å². The fourth-order valence-electron chi connectivity index (χ4n) is 2.14. The number of imidazole rings is 1. The van der Waals surface area contributed by atoms with E-state index in [2.05, 4.69) is 4.98 Å². The largest absolute Gasteiger partial charge is 0.385 e. The van der Waals surface area contributed by atoms with Crippen LogP contribution in [0.4, 0.5) is 0 Å². The third-order valence-electron chi connectivity index (χ3n) is 3.21. The molecule has 2 aromatic heterocycles. The van der Waals surface area contributed by atoms with Crippen LogP contribution < -0.4 is 5.73 Å². The van der Waals surface area contributed by atoms with Gasteiger partial charge in [0.2, 0.25) is 0 Å². The molecule has 3 N–H and O–H groups in total. The number of nitrogens with two attached hydrogens (primary N) is 1. The summed E-state index contributed by atoms with van der Waals surface area (Å²) in [7, 11) is 0. The molecule has 4 nitrogen and oxygen atoms in total. The highest BCUT2D eigenvalue weighted by Crippen LogP contribution is 2.25. The highest BCUT2D eigenvalue weighted by atomic mass is 16.3. The van der Waals surface area contributed by atoms with Crippen molar-refractivity contribution in [2.24, 2.45) is 5.73 Å². The first-order chi connectivity index (χ1) is 9.25. The highest BCUT2D eigenvalue weighted by molar-refractivity contribution is 5.40. The van der Waals surface area contributed by atoms with Crippen molar-refractivity contribution in [2.45, 2.75) is 12.1 Å². The fraction of sp³-hybridized carbons (Fsp3) is 0.133. The van der Waals surface area contributed by atoms with E-state index in [-0.39, 0.29) is 0 Å². The van der Waals surface area contributed by atoms with E-state index in [1.54, 1.807) is 0 Å². The lowest BCUT2D eigenvalue weighted by Gasteiger charge is -2.17. The molecule has 0 saturated heterocycles. The number of benzene rings is 1. The van der Waals surface area contributed by atoms with Crippen LogP contribution in [0.25, 0.3) is 5.65 Å². The van der Waals surface area contributed by atoms with E-state index in [1.807, 2.05) is 65.3 Å². The number of aliphatic hydroxyl groups excluding tert-OH is 1. The topological polar surface area (TPSA) is 63.5 Å². The Kier molecular flexibility index (Phi) is 3.03. The number of fused-ring (bicyclic) bond motifs is 1. The quantitative estimate of drug-likeness (QED) is 0.751. The molecule has 2 unspecified atom stereocenters. The highest BCUT2D eigenvalue weighted by Gasteiger charge is 2.21. The summed E-state index contributed by atoms with van der Waals surface area (Å²) in [5.41, 5.74) is 8.38. The summed E-state index contributed by atoms with van der Waals surface area (Å²) < 4.78 is 1.87. The number of rotatable bonds is 3. The second-order valence-electron chi connectivity index (χ2n) is 4.51. The van der Waals surface area contributed by atoms with Gasteiger partial charge in [-0.15, -0.1) is 0 Å². The maximum Gasteiger partial charge on any atom is 0.137 e. The second-order valence-corrected chi connectivity index (χ2v) is 4.51. The van der Waals surface area contributed by atoms with Crippen LogP contribution in [0.3, 0.4) is 0 Å². The average molecular weight is 253 g/mol. The monoisotopic (exact) mass is 253 g/mol. The molecule has 19 heavy (non-hydrogen) atoms. The molecule has 0 fully saturated rings. The number of nitrogens with zero attached hydrogens (tertiary/aromatic N) is 2. The van der Waals surface area contributed by atoms with Crippen molar-refractivity contribution in [3.63, 3.8) is 0 Å². The van der Waals surface area contributed by atoms with E-state index in [0.717, 1.165) is 11.2 Å². The summed E-state index contributed by atoms with van der Waals surface area (Å²) >= 11 is 0. The molecule has 0 aliphatic rings. The Labute approximate surface area is 111 Å². The smallest absolute Gasteiger partial charge is 0.137 e. The molecule has 3 aromatic rings. The maximum atomic E-state index is 10.3.